The van der Waals surface area contributed by atoms with Crippen LogP contribution in [0.15, 0.2) is 22.7 Å². The van der Waals surface area contributed by atoms with Gasteiger partial charge in [0.2, 0.25) is 10.0 Å². The number of nitrogens with one attached hydrogen (secondary N) is 2. The Kier molecular flexibility index (Phi) is 5.11. The summed E-state index contributed by atoms with van der Waals surface area (Å²) in [5.41, 5.74) is 0.475. The normalized spacial score (nSPS) is 20.2. The fourth-order valence-corrected chi connectivity index (χ4v) is 4.19. The molecule has 0 aliphatic carbocycles. The number of hydrogen-bond donors (Lipinski definition) is 2. The zero-order chi connectivity index (χ0) is 13.9. The van der Waals surface area contributed by atoms with Crippen LogP contribution in [0, 0.1) is 0 Å². The molecule has 1 saturated heterocycles. The Labute approximate surface area is 127 Å². The molecule has 0 radical (unpaired) electrons. The molecule has 0 saturated carbocycles. The molecule has 0 bridgehead atoms. The van der Waals surface area contributed by atoms with Crippen LogP contribution in [0.3, 0.4) is 0 Å². The van der Waals surface area contributed by atoms with Crippen LogP contribution in [0.1, 0.15) is 19.3 Å². The van der Waals surface area contributed by atoms with Gasteiger partial charge in [-0.15, -0.1) is 0 Å². The van der Waals surface area contributed by atoms with E-state index in [4.69, 9.17) is 11.6 Å². The monoisotopic (exact) mass is 366 g/mol. The number of anilines is 1. The summed E-state index contributed by atoms with van der Waals surface area (Å²) in [7, 11) is -3.37. The van der Waals surface area contributed by atoms with E-state index in [0.29, 0.717) is 15.2 Å². The molecular formula is C12H16BrClN2O2S. The van der Waals surface area contributed by atoms with Crippen molar-refractivity contribution in [3.8, 4) is 0 Å². The van der Waals surface area contributed by atoms with Gasteiger partial charge in [-0.2, -0.15) is 0 Å². The van der Waals surface area contributed by atoms with E-state index in [1.807, 2.05) is 0 Å². The average molecular weight is 368 g/mol. The molecule has 2 N–H and O–H groups in total. The number of halogens is 2. The van der Waals surface area contributed by atoms with Gasteiger partial charge in [0.05, 0.1) is 20.9 Å². The summed E-state index contributed by atoms with van der Waals surface area (Å²) in [4.78, 5) is 0. The lowest BCUT2D eigenvalue weighted by Crippen LogP contribution is -2.40. The van der Waals surface area contributed by atoms with Crippen LogP contribution >= 0.6 is 27.5 Å². The van der Waals surface area contributed by atoms with Gasteiger partial charge in [-0.05, 0) is 47.4 Å². The van der Waals surface area contributed by atoms with Gasteiger partial charge in [0, 0.05) is 6.04 Å². The largest absolute Gasteiger partial charge is 0.313 e. The van der Waals surface area contributed by atoms with E-state index in [0.717, 1.165) is 25.8 Å². The topological polar surface area (TPSA) is 58.2 Å². The summed E-state index contributed by atoms with van der Waals surface area (Å²) in [5, 5.41) is 3.71. The van der Waals surface area contributed by atoms with Crippen LogP contribution < -0.4 is 10.0 Å². The molecule has 0 amide bonds. The maximum Gasteiger partial charge on any atom is 0.234 e. The van der Waals surface area contributed by atoms with E-state index < -0.39 is 10.0 Å². The first-order valence-corrected chi connectivity index (χ1v) is 8.98. The highest BCUT2D eigenvalue weighted by molar-refractivity contribution is 9.10. The highest BCUT2D eigenvalue weighted by atomic mass is 79.9. The first-order valence-electron chi connectivity index (χ1n) is 6.16. The first kappa shape index (κ1) is 15.1. The third kappa shape index (κ3) is 4.34. The Morgan fingerprint density at radius 1 is 1.42 bits per heavy atom. The highest BCUT2D eigenvalue weighted by Gasteiger charge is 2.21. The first-order chi connectivity index (χ1) is 8.98. The van der Waals surface area contributed by atoms with Crippen molar-refractivity contribution in [3.05, 3.63) is 27.7 Å². The SMILES string of the molecule is O=S(=O)(CC1CCCCN1)Nc1cccc(Cl)c1Br. The van der Waals surface area contributed by atoms with Gasteiger partial charge >= 0.3 is 0 Å². The van der Waals surface area contributed by atoms with Crippen molar-refractivity contribution in [2.24, 2.45) is 0 Å². The van der Waals surface area contributed by atoms with Crippen molar-refractivity contribution in [1.29, 1.82) is 0 Å². The molecule has 1 aromatic carbocycles. The van der Waals surface area contributed by atoms with Crippen molar-refractivity contribution in [2.45, 2.75) is 25.3 Å². The summed E-state index contributed by atoms with van der Waals surface area (Å²) in [5.74, 6) is 0.0892. The molecule has 19 heavy (non-hydrogen) atoms. The molecule has 7 heteroatoms. The van der Waals surface area contributed by atoms with Crippen LogP contribution in [0.4, 0.5) is 5.69 Å². The Hall–Kier alpha value is -0.300. The number of rotatable bonds is 4. The van der Waals surface area contributed by atoms with E-state index in [9.17, 15) is 8.42 Å². The molecule has 1 aliphatic heterocycles. The van der Waals surface area contributed by atoms with E-state index >= 15 is 0 Å². The number of sulfonamides is 1. The standard InChI is InChI=1S/C12H16BrClN2O2S/c13-12-10(14)5-3-6-11(12)16-19(17,18)8-9-4-1-2-7-15-9/h3,5-6,9,15-16H,1-2,4,7-8H2. The van der Waals surface area contributed by atoms with E-state index in [-0.39, 0.29) is 11.8 Å². The molecule has 1 unspecified atom stereocenters. The highest BCUT2D eigenvalue weighted by Crippen LogP contribution is 2.30. The van der Waals surface area contributed by atoms with Gasteiger partial charge in [-0.3, -0.25) is 4.72 Å². The molecule has 1 heterocycles. The van der Waals surface area contributed by atoms with Crippen LogP contribution in [-0.2, 0) is 10.0 Å². The van der Waals surface area contributed by atoms with Crippen LogP contribution in [-0.4, -0.2) is 26.8 Å². The lowest BCUT2D eigenvalue weighted by atomic mass is 10.1. The molecule has 1 atom stereocenters. The quantitative estimate of drug-likeness (QED) is 0.860. The Morgan fingerprint density at radius 2 is 2.21 bits per heavy atom. The zero-order valence-corrected chi connectivity index (χ0v) is 13.5. The van der Waals surface area contributed by atoms with E-state index in [1.54, 1.807) is 18.2 Å². The summed E-state index contributed by atoms with van der Waals surface area (Å²) in [6.07, 6.45) is 3.09. The van der Waals surface area contributed by atoms with Crippen LogP contribution in [0.2, 0.25) is 5.02 Å². The molecule has 1 aromatic rings. The molecule has 2 rings (SSSR count). The van der Waals surface area contributed by atoms with E-state index in [1.165, 1.54) is 0 Å². The molecule has 4 nitrogen and oxygen atoms in total. The summed E-state index contributed by atoms with van der Waals surface area (Å²) in [6, 6.07) is 5.13. The van der Waals surface area contributed by atoms with Crippen LogP contribution in [0.25, 0.3) is 0 Å². The van der Waals surface area contributed by atoms with Gasteiger partial charge in [0.1, 0.15) is 0 Å². The summed E-state index contributed by atoms with van der Waals surface area (Å²) in [6.45, 7) is 0.890. The summed E-state index contributed by atoms with van der Waals surface area (Å²) < 4.78 is 27.4. The van der Waals surface area contributed by atoms with Crippen molar-refractivity contribution < 1.29 is 8.42 Å². The van der Waals surface area contributed by atoms with Gasteiger partial charge in [-0.1, -0.05) is 24.1 Å². The molecule has 0 aromatic heterocycles. The van der Waals surface area contributed by atoms with Gasteiger partial charge in [0.25, 0.3) is 0 Å². The number of piperidine rings is 1. The van der Waals surface area contributed by atoms with Gasteiger partial charge in [-0.25, -0.2) is 8.42 Å². The van der Waals surface area contributed by atoms with Crippen molar-refractivity contribution in [2.75, 3.05) is 17.0 Å². The molecule has 106 valence electrons. The Balaban J connectivity index is 2.06. The molecule has 0 spiro atoms. The third-order valence-corrected chi connectivity index (χ3v) is 5.82. The lowest BCUT2D eigenvalue weighted by Gasteiger charge is -2.23. The fraction of sp³-hybridized carbons (Fsp3) is 0.500. The van der Waals surface area contributed by atoms with E-state index in [2.05, 4.69) is 26.0 Å². The Bertz CT molecular complexity index is 545. The van der Waals surface area contributed by atoms with Crippen molar-refractivity contribution >= 4 is 43.2 Å². The summed E-state index contributed by atoms with van der Waals surface area (Å²) >= 11 is 9.22. The second-order valence-electron chi connectivity index (χ2n) is 4.63. The second-order valence-corrected chi connectivity index (χ2v) is 7.60. The average Bonchev–Trinajstić information content (AvgIpc) is 2.35. The van der Waals surface area contributed by atoms with Crippen molar-refractivity contribution in [1.82, 2.24) is 5.32 Å². The lowest BCUT2D eigenvalue weighted by molar-refractivity contribution is 0.424. The minimum absolute atomic E-state index is 0.0317. The van der Waals surface area contributed by atoms with Crippen LogP contribution in [0.5, 0.6) is 0 Å². The smallest absolute Gasteiger partial charge is 0.234 e. The molecule has 1 fully saturated rings. The predicted octanol–water partition coefficient (Wildman–Crippen LogP) is 2.99. The minimum Gasteiger partial charge on any atom is -0.313 e. The maximum absolute atomic E-state index is 12.1. The van der Waals surface area contributed by atoms with Crippen molar-refractivity contribution in [3.63, 3.8) is 0 Å². The zero-order valence-electron chi connectivity index (χ0n) is 10.3. The maximum atomic E-state index is 12.1. The van der Waals surface area contributed by atoms with Gasteiger partial charge in [0.15, 0.2) is 0 Å². The third-order valence-electron chi connectivity index (χ3n) is 3.05. The second kappa shape index (κ2) is 6.43. The predicted molar refractivity (Wildman–Crippen MR) is 82.2 cm³/mol. The molecule has 1 aliphatic rings. The number of benzene rings is 1. The Morgan fingerprint density at radius 3 is 2.89 bits per heavy atom. The minimum atomic E-state index is -3.37. The van der Waals surface area contributed by atoms with Gasteiger partial charge < -0.3 is 5.32 Å². The fourth-order valence-electron chi connectivity index (χ4n) is 2.12. The molecular weight excluding hydrogens is 352 g/mol. The number of hydrogen-bond acceptors (Lipinski definition) is 3.